The van der Waals surface area contributed by atoms with Gasteiger partial charge in [0.15, 0.2) is 0 Å². The van der Waals surface area contributed by atoms with E-state index in [4.69, 9.17) is 5.11 Å². The summed E-state index contributed by atoms with van der Waals surface area (Å²) in [7, 11) is 0. The Morgan fingerprint density at radius 3 is 2.83 bits per heavy atom. The van der Waals surface area contributed by atoms with E-state index in [0.717, 1.165) is 25.1 Å². The van der Waals surface area contributed by atoms with Gasteiger partial charge in [-0.15, -0.1) is 0 Å². The fraction of sp³-hybridized carbons (Fsp3) is 0.583. The van der Waals surface area contributed by atoms with Crippen molar-refractivity contribution in [3.63, 3.8) is 0 Å². The van der Waals surface area contributed by atoms with Crippen LogP contribution in [0.15, 0.2) is 6.20 Å². The van der Waals surface area contributed by atoms with Crippen molar-refractivity contribution in [2.45, 2.75) is 39.3 Å². The summed E-state index contributed by atoms with van der Waals surface area (Å²) in [5.41, 5.74) is 1.40. The molecule has 2 rings (SSSR count). The minimum atomic E-state index is -1.01. The van der Waals surface area contributed by atoms with E-state index in [2.05, 4.69) is 10.4 Å². The Hall–Kier alpha value is -1.85. The maximum absolute atomic E-state index is 12.1. The summed E-state index contributed by atoms with van der Waals surface area (Å²) < 4.78 is 1.81. The van der Waals surface area contributed by atoms with Gasteiger partial charge < -0.3 is 10.4 Å². The molecule has 2 N–H and O–H groups in total. The molecule has 6 heteroatoms. The summed E-state index contributed by atoms with van der Waals surface area (Å²) in [6, 6.07) is -0.866. The van der Waals surface area contributed by atoms with Gasteiger partial charge in [0.2, 0.25) is 0 Å². The highest BCUT2D eigenvalue weighted by Gasteiger charge is 2.27. The third kappa shape index (κ3) is 2.23. The zero-order chi connectivity index (χ0) is 13.3. The van der Waals surface area contributed by atoms with Gasteiger partial charge in [-0.3, -0.25) is 9.48 Å². The number of carboxylic acid groups (broad SMARTS) is 1. The first-order valence-electron chi connectivity index (χ1n) is 6.09. The fourth-order valence-corrected chi connectivity index (χ4v) is 2.19. The van der Waals surface area contributed by atoms with Crippen molar-refractivity contribution < 1.29 is 14.7 Å². The number of amides is 1. The molecule has 1 aliphatic rings. The van der Waals surface area contributed by atoms with Crippen molar-refractivity contribution in [2.24, 2.45) is 5.92 Å². The number of hydrogen-bond acceptors (Lipinski definition) is 3. The third-order valence-corrected chi connectivity index (χ3v) is 3.20. The second kappa shape index (κ2) is 4.80. The van der Waals surface area contributed by atoms with E-state index in [0.29, 0.717) is 5.56 Å². The van der Waals surface area contributed by atoms with Crippen molar-refractivity contribution in [3.05, 3.63) is 17.5 Å². The van der Waals surface area contributed by atoms with Crippen LogP contribution in [-0.2, 0) is 17.8 Å². The number of carboxylic acids is 1. The van der Waals surface area contributed by atoms with Crippen LogP contribution >= 0.6 is 0 Å². The van der Waals surface area contributed by atoms with Gasteiger partial charge in [0.25, 0.3) is 5.91 Å². The Morgan fingerprint density at radius 1 is 1.50 bits per heavy atom. The Morgan fingerprint density at radius 2 is 2.22 bits per heavy atom. The van der Waals surface area contributed by atoms with Crippen LogP contribution in [0.5, 0.6) is 0 Å². The van der Waals surface area contributed by atoms with Gasteiger partial charge in [-0.1, -0.05) is 13.8 Å². The van der Waals surface area contributed by atoms with Gasteiger partial charge in [-0.25, -0.2) is 4.79 Å². The van der Waals surface area contributed by atoms with Gasteiger partial charge in [0, 0.05) is 6.54 Å². The lowest BCUT2D eigenvalue weighted by Gasteiger charge is -2.17. The largest absolute Gasteiger partial charge is 0.480 e. The quantitative estimate of drug-likeness (QED) is 0.823. The van der Waals surface area contributed by atoms with Crippen LogP contribution in [0.3, 0.4) is 0 Å². The molecular weight excluding hydrogens is 234 g/mol. The van der Waals surface area contributed by atoms with Gasteiger partial charge >= 0.3 is 5.97 Å². The summed E-state index contributed by atoms with van der Waals surface area (Å²) in [6.07, 6.45) is 3.32. The fourth-order valence-electron chi connectivity index (χ4n) is 2.19. The summed E-state index contributed by atoms with van der Waals surface area (Å²) in [6.45, 7) is 4.36. The average molecular weight is 251 g/mol. The lowest BCUT2D eigenvalue weighted by atomic mass is 10.0. The molecule has 1 aromatic heterocycles. The molecule has 0 radical (unpaired) electrons. The molecule has 6 nitrogen and oxygen atoms in total. The van der Waals surface area contributed by atoms with E-state index in [1.54, 1.807) is 18.5 Å². The van der Waals surface area contributed by atoms with Crippen LogP contribution in [0.2, 0.25) is 0 Å². The van der Waals surface area contributed by atoms with Crippen molar-refractivity contribution >= 4 is 11.9 Å². The highest BCUT2D eigenvalue weighted by molar-refractivity contribution is 5.97. The van der Waals surface area contributed by atoms with E-state index in [9.17, 15) is 9.59 Å². The Balaban J connectivity index is 2.14. The van der Waals surface area contributed by atoms with E-state index in [-0.39, 0.29) is 11.8 Å². The monoisotopic (exact) mass is 251 g/mol. The molecule has 1 amide bonds. The van der Waals surface area contributed by atoms with Gasteiger partial charge in [-0.2, -0.15) is 5.10 Å². The highest BCUT2D eigenvalue weighted by atomic mass is 16.4. The molecule has 0 bridgehead atoms. The van der Waals surface area contributed by atoms with Gasteiger partial charge in [-0.05, 0) is 18.8 Å². The minimum Gasteiger partial charge on any atom is -0.480 e. The Kier molecular flexibility index (Phi) is 3.36. The molecule has 1 aromatic rings. The molecule has 0 spiro atoms. The molecule has 1 aliphatic heterocycles. The minimum absolute atomic E-state index is 0.157. The Bertz CT molecular complexity index is 479. The standard InChI is InChI=1S/C12H17N3O3/c1-7(2)10(12(17)18)14-11(16)8-6-13-15-5-3-4-9(8)15/h6-7,10H,3-5H2,1-2H3,(H,14,16)(H,17,18)/t10-/m0/s1. The number of nitrogens with one attached hydrogen (secondary N) is 1. The number of carbonyl (C=O) groups excluding carboxylic acids is 1. The molecule has 0 saturated heterocycles. The number of rotatable bonds is 4. The van der Waals surface area contributed by atoms with E-state index < -0.39 is 12.0 Å². The van der Waals surface area contributed by atoms with Crippen LogP contribution in [0.1, 0.15) is 36.3 Å². The maximum atomic E-state index is 12.1. The molecule has 0 aliphatic carbocycles. The molecular formula is C12H17N3O3. The molecule has 98 valence electrons. The number of aromatic nitrogens is 2. The van der Waals surface area contributed by atoms with E-state index in [1.165, 1.54) is 6.20 Å². The average Bonchev–Trinajstić information content (AvgIpc) is 2.85. The zero-order valence-electron chi connectivity index (χ0n) is 10.5. The van der Waals surface area contributed by atoms with Crippen LogP contribution in [0.4, 0.5) is 0 Å². The van der Waals surface area contributed by atoms with Crippen molar-refractivity contribution in [2.75, 3.05) is 0 Å². The number of fused-ring (bicyclic) bond motifs is 1. The van der Waals surface area contributed by atoms with Crippen LogP contribution < -0.4 is 5.32 Å². The SMILES string of the molecule is CC(C)[C@H](NC(=O)c1cnn2c1CCC2)C(=O)O. The smallest absolute Gasteiger partial charge is 0.326 e. The van der Waals surface area contributed by atoms with Crippen molar-refractivity contribution in [3.8, 4) is 0 Å². The number of aryl methyl sites for hydroxylation is 1. The number of hydrogen-bond donors (Lipinski definition) is 2. The predicted octanol–water partition coefficient (Wildman–Crippen LogP) is 0.668. The highest BCUT2D eigenvalue weighted by Crippen LogP contribution is 2.18. The van der Waals surface area contributed by atoms with Crippen molar-refractivity contribution in [1.29, 1.82) is 0 Å². The lowest BCUT2D eigenvalue weighted by molar-refractivity contribution is -0.140. The van der Waals surface area contributed by atoms with Crippen molar-refractivity contribution in [1.82, 2.24) is 15.1 Å². The normalized spacial score (nSPS) is 15.5. The van der Waals surface area contributed by atoms with E-state index in [1.807, 2.05) is 0 Å². The van der Waals surface area contributed by atoms with Crippen LogP contribution in [0.25, 0.3) is 0 Å². The number of nitrogens with zero attached hydrogens (tertiary/aromatic N) is 2. The zero-order valence-corrected chi connectivity index (χ0v) is 10.5. The molecule has 0 fully saturated rings. The van der Waals surface area contributed by atoms with Crippen LogP contribution in [0, 0.1) is 5.92 Å². The first-order chi connectivity index (χ1) is 8.50. The maximum Gasteiger partial charge on any atom is 0.326 e. The first-order valence-corrected chi connectivity index (χ1v) is 6.09. The molecule has 18 heavy (non-hydrogen) atoms. The second-order valence-electron chi connectivity index (χ2n) is 4.87. The molecule has 0 aromatic carbocycles. The third-order valence-electron chi connectivity index (χ3n) is 3.20. The Labute approximate surface area is 105 Å². The van der Waals surface area contributed by atoms with Gasteiger partial charge in [0.05, 0.1) is 17.5 Å². The van der Waals surface area contributed by atoms with E-state index >= 15 is 0 Å². The topological polar surface area (TPSA) is 84.2 Å². The second-order valence-corrected chi connectivity index (χ2v) is 4.87. The van der Waals surface area contributed by atoms with Gasteiger partial charge in [0.1, 0.15) is 6.04 Å². The number of carbonyl (C=O) groups is 2. The summed E-state index contributed by atoms with van der Waals surface area (Å²) in [5, 5.41) is 15.7. The molecule has 0 saturated carbocycles. The number of aliphatic carboxylic acids is 1. The summed E-state index contributed by atoms with van der Waals surface area (Å²) >= 11 is 0. The first kappa shape index (κ1) is 12.6. The summed E-state index contributed by atoms with van der Waals surface area (Å²) in [4.78, 5) is 23.1. The molecule has 1 atom stereocenters. The lowest BCUT2D eigenvalue weighted by Crippen LogP contribution is -2.44. The molecule has 0 unspecified atom stereocenters. The van der Waals surface area contributed by atoms with Crippen LogP contribution in [-0.4, -0.2) is 32.8 Å². The summed E-state index contributed by atoms with van der Waals surface area (Å²) in [5.74, 6) is -1.52. The molecule has 2 heterocycles. The predicted molar refractivity (Wildman–Crippen MR) is 64.3 cm³/mol.